The highest BCUT2D eigenvalue weighted by molar-refractivity contribution is 5.85. The van der Waals surface area contributed by atoms with E-state index >= 15 is 0 Å². The molecule has 104 valence electrons. The maximum absolute atomic E-state index is 4.03. The molecule has 0 atom stereocenters. The lowest BCUT2D eigenvalue weighted by Crippen LogP contribution is -2.01. The van der Waals surface area contributed by atoms with Crippen molar-refractivity contribution in [3.05, 3.63) is 53.6 Å². The lowest BCUT2D eigenvalue weighted by molar-refractivity contribution is 0.737. The molecule has 0 N–H and O–H groups in total. The van der Waals surface area contributed by atoms with Crippen molar-refractivity contribution >= 4 is 17.2 Å². The van der Waals surface area contributed by atoms with Crippen LogP contribution in [-0.4, -0.2) is 0 Å². The fourth-order valence-electron chi connectivity index (χ4n) is 3.51. The molecule has 0 unspecified atom stereocenters. The predicted molar refractivity (Wildman–Crippen MR) is 89.4 cm³/mol. The van der Waals surface area contributed by atoms with E-state index in [0.717, 1.165) is 0 Å². The molecule has 0 saturated heterocycles. The molecule has 0 amide bonds. The molecule has 1 aromatic rings. The highest BCUT2D eigenvalue weighted by Gasteiger charge is 2.17. The first kappa shape index (κ1) is 13.4. The second-order valence-electron chi connectivity index (χ2n) is 5.92. The van der Waals surface area contributed by atoms with Gasteiger partial charge >= 0.3 is 0 Å². The van der Waals surface area contributed by atoms with Gasteiger partial charge in [-0.2, -0.15) is 0 Å². The van der Waals surface area contributed by atoms with E-state index in [1.165, 1.54) is 68.1 Å². The van der Waals surface area contributed by atoms with Crippen LogP contribution in [0.3, 0.4) is 0 Å². The number of hydrogen-bond donors (Lipinski definition) is 0. The summed E-state index contributed by atoms with van der Waals surface area (Å²) in [6, 6.07) is 6.72. The third-order valence-corrected chi connectivity index (χ3v) is 4.57. The summed E-state index contributed by atoms with van der Waals surface area (Å²) >= 11 is 0. The van der Waals surface area contributed by atoms with Crippen molar-refractivity contribution in [2.24, 2.45) is 0 Å². The third kappa shape index (κ3) is 2.65. The summed E-state index contributed by atoms with van der Waals surface area (Å²) < 4.78 is 0. The molecule has 0 saturated carbocycles. The van der Waals surface area contributed by atoms with Crippen molar-refractivity contribution < 1.29 is 0 Å². The van der Waals surface area contributed by atoms with Crippen LogP contribution in [-0.2, 0) is 0 Å². The molecule has 3 rings (SSSR count). The van der Waals surface area contributed by atoms with Crippen molar-refractivity contribution in [3.8, 4) is 0 Å². The maximum atomic E-state index is 4.03. The Bertz CT molecular complexity index is 557. The summed E-state index contributed by atoms with van der Waals surface area (Å²) in [5, 5.41) is 0. The van der Waals surface area contributed by atoms with Crippen LogP contribution >= 0.6 is 0 Å². The van der Waals surface area contributed by atoms with Crippen LogP contribution in [0.25, 0.3) is 17.2 Å². The Kier molecular flexibility index (Phi) is 4.20. The van der Waals surface area contributed by atoms with Crippen LogP contribution in [0.5, 0.6) is 0 Å². The molecule has 0 heterocycles. The quantitative estimate of drug-likeness (QED) is 0.605. The Morgan fingerprint density at radius 2 is 1.55 bits per heavy atom. The van der Waals surface area contributed by atoms with Crippen LogP contribution in [0.2, 0.25) is 0 Å². The monoisotopic (exact) mass is 264 g/mol. The summed E-state index contributed by atoms with van der Waals surface area (Å²) in [6.45, 7) is 4.03. The van der Waals surface area contributed by atoms with Crippen LogP contribution in [0, 0.1) is 0 Å². The normalized spacial score (nSPS) is 19.2. The molecular formula is C20H24. The van der Waals surface area contributed by atoms with E-state index in [1.54, 1.807) is 11.1 Å². The van der Waals surface area contributed by atoms with Gasteiger partial charge in [0.05, 0.1) is 0 Å². The van der Waals surface area contributed by atoms with Gasteiger partial charge in [0, 0.05) is 0 Å². The molecule has 0 fully saturated rings. The number of allylic oxidation sites excluding steroid dienone is 4. The lowest BCUT2D eigenvalue weighted by Gasteiger charge is -2.22. The van der Waals surface area contributed by atoms with E-state index in [2.05, 4.69) is 36.9 Å². The molecule has 2 aliphatic carbocycles. The average Bonchev–Trinajstić information content (AvgIpc) is 2.55. The summed E-state index contributed by atoms with van der Waals surface area (Å²) in [7, 11) is 0. The van der Waals surface area contributed by atoms with Crippen LogP contribution in [0.1, 0.15) is 68.1 Å². The Hall–Kier alpha value is -1.56. The first-order valence-corrected chi connectivity index (χ1v) is 8.04. The van der Waals surface area contributed by atoms with Gasteiger partial charge in [-0.05, 0) is 79.2 Å². The van der Waals surface area contributed by atoms with Gasteiger partial charge in [-0.15, -0.1) is 0 Å². The van der Waals surface area contributed by atoms with Gasteiger partial charge < -0.3 is 0 Å². The second kappa shape index (κ2) is 6.26. The Morgan fingerprint density at radius 1 is 0.850 bits per heavy atom. The SMILES string of the molecule is C=Cc1cccc(C2=CCCCC2)c1C1=CCCCC1. The van der Waals surface area contributed by atoms with E-state index in [1.807, 2.05) is 6.08 Å². The Morgan fingerprint density at radius 3 is 2.15 bits per heavy atom. The van der Waals surface area contributed by atoms with Crippen LogP contribution in [0.15, 0.2) is 36.9 Å². The van der Waals surface area contributed by atoms with E-state index < -0.39 is 0 Å². The molecule has 1 aromatic carbocycles. The first-order valence-electron chi connectivity index (χ1n) is 8.04. The third-order valence-electron chi connectivity index (χ3n) is 4.57. The van der Waals surface area contributed by atoms with Crippen molar-refractivity contribution in [1.29, 1.82) is 0 Å². The molecule has 0 heteroatoms. The molecule has 0 radical (unpaired) electrons. The summed E-state index contributed by atoms with van der Waals surface area (Å²) in [5.74, 6) is 0. The smallest absolute Gasteiger partial charge is 0.00801 e. The van der Waals surface area contributed by atoms with Gasteiger partial charge in [-0.25, -0.2) is 0 Å². The zero-order valence-electron chi connectivity index (χ0n) is 12.3. The zero-order valence-corrected chi connectivity index (χ0v) is 12.3. The van der Waals surface area contributed by atoms with E-state index in [4.69, 9.17) is 0 Å². The highest BCUT2D eigenvalue weighted by Crippen LogP contribution is 2.37. The minimum Gasteiger partial charge on any atom is -0.0984 e. The molecule has 0 nitrogen and oxygen atoms in total. The maximum Gasteiger partial charge on any atom is -0.00801 e. The average molecular weight is 264 g/mol. The molecular weight excluding hydrogens is 240 g/mol. The molecule has 2 aliphatic rings. The van der Waals surface area contributed by atoms with E-state index in [0.29, 0.717) is 0 Å². The lowest BCUT2D eigenvalue weighted by atomic mass is 9.83. The standard InChI is InChI=1S/C20H24/c1-2-16-14-9-15-19(17-10-5-3-6-11-17)20(16)18-12-7-4-8-13-18/h2,9-10,12,14-15H,1,3-8,11,13H2. The van der Waals surface area contributed by atoms with Gasteiger partial charge in [0.15, 0.2) is 0 Å². The first-order chi connectivity index (χ1) is 9.90. The molecule has 0 aliphatic heterocycles. The number of rotatable bonds is 3. The van der Waals surface area contributed by atoms with Gasteiger partial charge in [-0.1, -0.05) is 43.0 Å². The summed E-state index contributed by atoms with van der Waals surface area (Å²) in [6.07, 6.45) is 17.2. The second-order valence-corrected chi connectivity index (χ2v) is 5.92. The fourth-order valence-corrected chi connectivity index (χ4v) is 3.51. The van der Waals surface area contributed by atoms with Crippen molar-refractivity contribution in [1.82, 2.24) is 0 Å². The predicted octanol–water partition coefficient (Wildman–Crippen LogP) is 6.24. The topological polar surface area (TPSA) is 0 Å². The molecule has 0 aromatic heterocycles. The van der Waals surface area contributed by atoms with Gasteiger partial charge in [0.2, 0.25) is 0 Å². The zero-order chi connectivity index (χ0) is 13.8. The summed E-state index contributed by atoms with van der Waals surface area (Å²) in [5.41, 5.74) is 7.35. The largest absolute Gasteiger partial charge is 0.0984 e. The Labute approximate surface area is 122 Å². The van der Waals surface area contributed by atoms with Crippen molar-refractivity contribution in [2.75, 3.05) is 0 Å². The van der Waals surface area contributed by atoms with Gasteiger partial charge in [-0.3, -0.25) is 0 Å². The molecule has 0 bridgehead atoms. The van der Waals surface area contributed by atoms with Crippen LogP contribution < -0.4 is 0 Å². The van der Waals surface area contributed by atoms with E-state index in [9.17, 15) is 0 Å². The molecule has 20 heavy (non-hydrogen) atoms. The van der Waals surface area contributed by atoms with Crippen LogP contribution in [0.4, 0.5) is 0 Å². The minimum absolute atomic E-state index is 1.23. The highest BCUT2D eigenvalue weighted by atomic mass is 14.2. The van der Waals surface area contributed by atoms with Crippen molar-refractivity contribution in [3.63, 3.8) is 0 Å². The van der Waals surface area contributed by atoms with Crippen molar-refractivity contribution in [2.45, 2.75) is 51.4 Å². The van der Waals surface area contributed by atoms with E-state index in [-0.39, 0.29) is 0 Å². The minimum atomic E-state index is 1.23. The number of hydrogen-bond acceptors (Lipinski definition) is 0. The van der Waals surface area contributed by atoms with Gasteiger partial charge in [0.25, 0.3) is 0 Å². The Balaban J connectivity index is 2.11. The fraction of sp³-hybridized carbons (Fsp3) is 0.400. The molecule has 0 spiro atoms. The van der Waals surface area contributed by atoms with Gasteiger partial charge in [0.1, 0.15) is 0 Å². The summed E-state index contributed by atoms with van der Waals surface area (Å²) in [4.78, 5) is 0. The number of benzene rings is 1.